The largest absolute Gasteiger partial charge is 0.496 e. The van der Waals surface area contributed by atoms with E-state index in [2.05, 4.69) is 5.32 Å². The first-order chi connectivity index (χ1) is 12.5. The lowest BCUT2D eigenvalue weighted by atomic mass is 10.1. The van der Waals surface area contributed by atoms with E-state index in [4.69, 9.17) is 4.74 Å². The molecule has 1 heterocycles. The van der Waals surface area contributed by atoms with Crippen molar-refractivity contribution in [3.8, 4) is 5.75 Å². The zero-order valence-electron chi connectivity index (χ0n) is 14.5. The van der Waals surface area contributed by atoms with E-state index in [1.54, 1.807) is 6.07 Å². The van der Waals surface area contributed by atoms with Gasteiger partial charge in [-0.1, -0.05) is 12.1 Å². The molecule has 0 radical (unpaired) electrons. The summed E-state index contributed by atoms with van der Waals surface area (Å²) in [6.07, 6.45) is 0. The molecular weight excluding hydrogens is 355 g/mol. The van der Waals surface area contributed by atoms with Crippen LogP contribution < -0.4 is 10.1 Å². The molecule has 0 bridgehead atoms. The Bertz CT molecular complexity index is 843. The van der Waals surface area contributed by atoms with Crippen LogP contribution in [0.2, 0.25) is 0 Å². The molecule has 1 N–H and O–H groups in total. The number of nitrogens with one attached hydrogen (secondary N) is 1. The maximum atomic E-state index is 13.6. The first-order valence-electron chi connectivity index (χ1n) is 8.09. The molecule has 0 aliphatic carbocycles. The molecule has 2 aromatic carbocycles. The molecule has 136 valence electrons. The van der Waals surface area contributed by atoms with E-state index in [1.165, 1.54) is 35.9 Å². The average molecular weight is 374 g/mol. The molecular formula is C19H19FN2O3S. The zero-order chi connectivity index (χ0) is 18.7. The van der Waals surface area contributed by atoms with Crippen molar-refractivity contribution in [2.45, 2.75) is 13.0 Å². The number of methoxy groups -OCH3 is 1. The Morgan fingerprint density at radius 1 is 1.27 bits per heavy atom. The first-order valence-corrected chi connectivity index (χ1v) is 9.25. The van der Waals surface area contributed by atoms with Crippen LogP contribution in [-0.2, 0) is 4.79 Å². The number of ether oxygens (including phenoxy) is 1. The van der Waals surface area contributed by atoms with E-state index in [0.717, 1.165) is 11.6 Å². The van der Waals surface area contributed by atoms with Crippen LogP contribution in [0.1, 0.15) is 15.9 Å². The highest BCUT2D eigenvalue weighted by molar-refractivity contribution is 7.99. The SMILES string of the molecule is COc1ccc(F)cc1C(=O)N1CSC[C@@H]1C(=O)Nc1cccc(C)c1. The summed E-state index contributed by atoms with van der Waals surface area (Å²) in [6, 6.07) is 10.6. The number of carbonyl (C=O) groups excluding carboxylic acids is 2. The molecule has 2 aromatic rings. The number of hydrogen-bond acceptors (Lipinski definition) is 4. The number of carbonyl (C=O) groups is 2. The quantitative estimate of drug-likeness (QED) is 0.892. The third kappa shape index (κ3) is 3.83. The van der Waals surface area contributed by atoms with Crippen LogP contribution in [0.4, 0.5) is 10.1 Å². The molecule has 0 aromatic heterocycles. The van der Waals surface area contributed by atoms with Crippen LogP contribution in [0.25, 0.3) is 0 Å². The Hall–Kier alpha value is -2.54. The summed E-state index contributed by atoms with van der Waals surface area (Å²) in [4.78, 5) is 27.0. The van der Waals surface area contributed by atoms with Crippen LogP contribution in [0.15, 0.2) is 42.5 Å². The molecule has 1 fully saturated rings. The van der Waals surface area contributed by atoms with Gasteiger partial charge in [0.25, 0.3) is 5.91 Å². The van der Waals surface area contributed by atoms with Crippen molar-refractivity contribution in [3.63, 3.8) is 0 Å². The molecule has 0 saturated carbocycles. The summed E-state index contributed by atoms with van der Waals surface area (Å²) in [7, 11) is 1.42. The molecule has 1 atom stereocenters. The van der Waals surface area contributed by atoms with Gasteiger partial charge in [-0.05, 0) is 42.8 Å². The summed E-state index contributed by atoms with van der Waals surface area (Å²) in [5.41, 5.74) is 1.83. The third-order valence-electron chi connectivity index (χ3n) is 4.12. The first kappa shape index (κ1) is 18.3. The highest BCUT2D eigenvalue weighted by atomic mass is 32.2. The monoisotopic (exact) mass is 374 g/mol. The minimum atomic E-state index is -0.624. The van der Waals surface area contributed by atoms with Gasteiger partial charge in [0.15, 0.2) is 0 Å². The Balaban J connectivity index is 1.80. The van der Waals surface area contributed by atoms with Gasteiger partial charge in [-0.2, -0.15) is 0 Å². The Morgan fingerprint density at radius 2 is 2.08 bits per heavy atom. The van der Waals surface area contributed by atoms with E-state index in [9.17, 15) is 14.0 Å². The summed E-state index contributed by atoms with van der Waals surface area (Å²) >= 11 is 1.48. The topological polar surface area (TPSA) is 58.6 Å². The molecule has 2 amide bonds. The molecule has 5 nitrogen and oxygen atoms in total. The van der Waals surface area contributed by atoms with Gasteiger partial charge < -0.3 is 15.0 Å². The average Bonchev–Trinajstić information content (AvgIpc) is 3.11. The second-order valence-corrected chi connectivity index (χ2v) is 6.99. The van der Waals surface area contributed by atoms with E-state index in [-0.39, 0.29) is 17.2 Å². The number of aryl methyl sites for hydroxylation is 1. The van der Waals surface area contributed by atoms with Gasteiger partial charge in [0.2, 0.25) is 5.91 Å². The van der Waals surface area contributed by atoms with Gasteiger partial charge in [0.1, 0.15) is 17.6 Å². The number of nitrogens with zero attached hydrogens (tertiary/aromatic N) is 1. The van der Waals surface area contributed by atoms with Crippen molar-refractivity contribution in [1.29, 1.82) is 0 Å². The van der Waals surface area contributed by atoms with Crippen LogP contribution in [0.3, 0.4) is 0 Å². The summed E-state index contributed by atoms with van der Waals surface area (Å²) in [5.74, 6) is -0.0706. The molecule has 1 aliphatic rings. The lowest BCUT2D eigenvalue weighted by Crippen LogP contribution is -2.44. The van der Waals surface area contributed by atoms with Crippen LogP contribution in [0.5, 0.6) is 5.75 Å². The fourth-order valence-electron chi connectivity index (χ4n) is 2.81. The minimum absolute atomic E-state index is 0.114. The number of amides is 2. The number of thioether (sulfide) groups is 1. The maximum Gasteiger partial charge on any atom is 0.259 e. The molecule has 1 aliphatic heterocycles. The van der Waals surface area contributed by atoms with E-state index < -0.39 is 17.8 Å². The summed E-state index contributed by atoms with van der Waals surface area (Å²) < 4.78 is 18.8. The molecule has 3 rings (SSSR count). The van der Waals surface area contributed by atoms with Gasteiger partial charge in [0, 0.05) is 11.4 Å². The Kier molecular flexibility index (Phi) is 5.46. The molecule has 0 unspecified atom stereocenters. The number of benzene rings is 2. The van der Waals surface area contributed by atoms with Gasteiger partial charge in [-0.3, -0.25) is 9.59 Å². The smallest absolute Gasteiger partial charge is 0.259 e. The van der Waals surface area contributed by atoms with Crippen molar-refractivity contribution >= 4 is 29.3 Å². The lowest BCUT2D eigenvalue weighted by Gasteiger charge is -2.24. The molecule has 0 spiro atoms. The van der Waals surface area contributed by atoms with Crippen molar-refractivity contribution in [2.24, 2.45) is 0 Å². The van der Waals surface area contributed by atoms with E-state index in [1.807, 2.05) is 25.1 Å². The second-order valence-electron chi connectivity index (χ2n) is 5.99. The Labute approximate surface area is 155 Å². The van der Waals surface area contributed by atoms with Crippen LogP contribution in [-0.4, -0.2) is 41.5 Å². The Morgan fingerprint density at radius 3 is 2.81 bits per heavy atom. The van der Waals surface area contributed by atoms with Crippen molar-refractivity contribution in [3.05, 3.63) is 59.4 Å². The van der Waals surface area contributed by atoms with Crippen LogP contribution >= 0.6 is 11.8 Å². The van der Waals surface area contributed by atoms with E-state index in [0.29, 0.717) is 17.3 Å². The second kappa shape index (κ2) is 7.78. The summed E-state index contributed by atoms with van der Waals surface area (Å²) in [5, 5.41) is 2.85. The predicted molar refractivity (Wildman–Crippen MR) is 100 cm³/mol. The minimum Gasteiger partial charge on any atom is -0.496 e. The third-order valence-corrected chi connectivity index (χ3v) is 5.14. The maximum absolute atomic E-state index is 13.6. The number of rotatable bonds is 4. The van der Waals surface area contributed by atoms with Crippen molar-refractivity contribution < 1.29 is 18.7 Å². The zero-order valence-corrected chi connectivity index (χ0v) is 15.3. The number of halogens is 1. The molecule has 1 saturated heterocycles. The van der Waals surface area contributed by atoms with Crippen LogP contribution in [0, 0.1) is 12.7 Å². The normalized spacial score (nSPS) is 16.4. The van der Waals surface area contributed by atoms with Gasteiger partial charge in [-0.25, -0.2) is 4.39 Å². The van der Waals surface area contributed by atoms with E-state index >= 15 is 0 Å². The fraction of sp³-hybridized carbons (Fsp3) is 0.263. The number of anilines is 1. The predicted octanol–water partition coefficient (Wildman–Crippen LogP) is 3.30. The molecule has 7 heteroatoms. The fourth-order valence-corrected chi connectivity index (χ4v) is 3.96. The highest BCUT2D eigenvalue weighted by Crippen LogP contribution is 2.28. The van der Waals surface area contributed by atoms with Gasteiger partial charge in [0.05, 0.1) is 18.6 Å². The number of hydrogen-bond donors (Lipinski definition) is 1. The van der Waals surface area contributed by atoms with Gasteiger partial charge >= 0.3 is 0 Å². The van der Waals surface area contributed by atoms with Gasteiger partial charge in [-0.15, -0.1) is 11.8 Å². The molecule has 26 heavy (non-hydrogen) atoms. The highest BCUT2D eigenvalue weighted by Gasteiger charge is 2.36. The standard InChI is InChI=1S/C19H19FN2O3S/c1-12-4-3-5-14(8-12)21-18(23)16-10-26-11-22(16)19(24)15-9-13(20)6-7-17(15)25-2/h3-9,16H,10-11H2,1-2H3,(H,21,23)/t16-/m1/s1. The summed E-state index contributed by atoms with van der Waals surface area (Å²) in [6.45, 7) is 1.94. The van der Waals surface area contributed by atoms with Crippen molar-refractivity contribution in [2.75, 3.05) is 24.1 Å². The lowest BCUT2D eigenvalue weighted by molar-refractivity contribution is -0.119. The van der Waals surface area contributed by atoms with Crippen molar-refractivity contribution in [1.82, 2.24) is 4.90 Å².